The highest BCUT2D eigenvalue weighted by Gasteiger charge is 2.14. The van der Waals surface area contributed by atoms with Crippen LogP contribution in [0.5, 0.6) is 5.75 Å². The van der Waals surface area contributed by atoms with E-state index < -0.39 is 6.10 Å². The van der Waals surface area contributed by atoms with Gasteiger partial charge in [-0.15, -0.1) is 0 Å². The van der Waals surface area contributed by atoms with E-state index in [1.54, 1.807) is 37.4 Å². The Labute approximate surface area is 145 Å². The fourth-order valence-electron chi connectivity index (χ4n) is 2.45. The van der Waals surface area contributed by atoms with Crippen LogP contribution in [0.2, 0.25) is 0 Å². The second-order valence-corrected chi connectivity index (χ2v) is 5.54. The molecule has 3 aromatic rings. The van der Waals surface area contributed by atoms with Gasteiger partial charge >= 0.3 is 0 Å². The van der Waals surface area contributed by atoms with Crippen LogP contribution in [0, 0.1) is 0 Å². The molecule has 0 bridgehead atoms. The van der Waals surface area contributed by atoms with Crippen molar-refractivity contribution in [2.45, 2.75) is 6.10 Å². The number of aliphatic hydroxyl groups is 1. The van der Waals surface area contributed by atoms with E-state index in [0.29, 0.717) is 22.7 Å². The van der Waals surface area contributed by atoms with Crippen LogP contribution in [0.15, 0.2) is 60.7 Å². The Kier molecular flexibility index (Phi) is 5.11. The van der Waals surface area contributed by atoms with Crippen LogP contribution in [0.1, 0.15) is 22.2 Å². The van der Waals surface area contributed by atoms with Crippen molar-refractivity contribution in [3.8, 4) is 17.0 Å². The van der Waals surface area contributed by atoms with Gasteiger partial charge in [-0.2, -0.15) is 5.10 Å². The molecule has 25 heavy (non-hydrogen) atoms. The molecule has 6 nitrogen and oxygen atoms in total. The van der Waals surface area contributed by atoms with Crippen LogP contribution in [0.25, 0.3) is 11.3 Å². The van der Waals surface area contributed by atoms with Crippen molar-refractivity contribution >= 4 is 5.91 Å². The zero-order valence-corrected chi connectivity index (χ0v) is 13.8. The third-order valence-corrected chi connectivity index (χ3v) is 3.83. The normalized spacial score (nSPS) is 11.8. The number of nitrogens with one attached hydrogen (secondary N) is 2. The van der Waals surface area contributed by atoms with Crippen molar-refractivity contribution in [3.63, 3.8) is 0 Å². The first-order valence-corrected chi connectivity index (χ1v) is 7.88. The predicted molar refractivity (Wildman–Crippen MR) is 94.3 cm³/mol. The number of methoxy groups -OCH3 is 1. The van der Waals surface area contributed by atoms with Gasteiger partial charge in [0.2, 0.25) is 0 Å². The second kappa shape index (κ2) is 7.63. The second-order valence-electron chi connectivity index (χ2n) is 5.54. The summed E-state index contributed by atoms with van der Waals surface area (Å²) < 4.78 is 5.13. The number of aromatic nitrogens is 2. The molecule has 6 heteroatoms. The number of benzene rings is 2. The molecule has 1 heterocycles. The molecular weight excluding hydrogens is 318 g/mol. The first-order chi connectivity index (χ1) is 12.2. The Balaban J connectivity index is 1.62. The Morgan fingerprint density at radius 2 is 2.00 bits per heavy atom. The summed E-state index contributed by atoms with van der Waals surface area (Å²) in [6.45, 7) is 0.0890. The molecule has 3 rings (SSSR count). The number of amides is 1. The molecule has 2 aromatic carbocycles. The van der Waals surface area contributed by atoms with Crippen molar-refractivity contribution in [2.24, 2.45) is 0 Å². The molecule has 0 saturated heterocycles. The van der Waals surface area contributed by atoms with Crippen molar-refractivity contribution in [2.75, 3.05) is 13.7 Å². The van der Waals surface area contributed by atoms with Crippen LogP contribution < -0.4 is 10.1 Å². The average Bonchev–Trinajstić information content (AvgIpc) is 3.17. The van der Waals surface area contributed by atoms with Gasteiger partial charge in [0.05, 0.1) is 18.9 Å². The number of hydrogen-bond donors (Lipinski definition) is 3. The van der Waals surface area contributed by atoms with Crippen molar-refractivity contribution in [1.29, 1.82) is 0 Å². The summed E-state index contributed by atoms with van der Waals surface area (Å²) >= 11 is 0. The van der Waals surface area contributed by atoms with E-state index in [1.807, 2.05) is 30.3 Å². The maximum absolute atomic E-state index is 12.2. The average molecular weight is 337 g/mol. The number of carbonyl (C=O) groups excluding carboxylic acids is 1. The number of ether oxygens (including phenoxy) is 1. The number of aliphatic hydroxyl groups excluding tert-OH is 1. The standard InChI is InChI=1S/C19H19N3O3/c1-25-15-9-5-8-14(10-15)18(23)12-20-19(24)17-11-16(21-22-17)13-6-3-2-4-7-13/h2-11,18,23H,12H2,1H3,(H,20,24)(H,21,22). The summed E-state index contributed by atoms with van der Waals surface area (Å²) in [5.41, 5.74) is 2.64. The Hall–Kier alpha value is -3.12. The molecule has 1 atom stereocenters. The highest BCUT2D eigenvalue weighted by atomic mass is 16.5. The van der Waals surface area contributed by atoms with Crippen LogP contribution in [-0.4, -0.2) is 34.9 Å². The lowest BCUT2D eigenvalue weighted by molar-refractivity contribution is 0.0911. The van der Waals surface area contributed by atoms with Gasteiger partial charge in [-0.25, -0.2) is 0 Å². The first-order valence-electron chi connectivity index (χ1n) is 7.88. The van der Waals surface area contributed by atoms with Gasteiger partial charge in [-0.3, -0.25) is 9.89 Å². The molecule has 0 spiro atoms. The molecule has 0 aliphatic rings. The summed E-state index contributed by atoms with van der Waals surface area (Å²) in [6, 6.07) is 18.4. The fourth-order valence-corrected chi connectivity index (χ4v) is 2.45. The van der Waals surface area contributed by atoms with Gasteiger partial charge in [0.1, 0.15) is 11.4 Å². The highest BCUT2D eigenvalue weighted by Crippen LogP contribution is 2.19. The molecule has 1 amide bonds. The van der Waals surface area contributed by atoms with E-state index in [2.05, 4.69) is 15.5 Å². The predicted octanol–water partition coefficient (Wildman–Crippen LogP) is 2.55. The number of hydrogen-bond acceptors (Lipinski definition) is 4. The molecule has 128 valence electrons. The van der Waals surface area contributed by atoms with Crippen LogP contribution >= 0.6 is 0 Å². The van der Waals surface area contributed by atoms with Crippen molar-refractivity contribution in [1.82, 2.24) is 15.5 Å². The third kappa shape index (κ3) is 4.05. The van der Waals surface area contributed by atoms with Crippen LogP contribution in [0.4, 0.5) is 0 Å². The molecular formula is C19H19N3O3. The lowest BCUT2D eigenvalue weighted by atomic mass is 10.1. The highest BCUT2D eigenvalue weighted by molar-refractivity contribution is 5.93. The summed E-state index contributed by atoms with van der Waals surface area (Å²) in [5, 5.41) is 19.8. The lowest BCUT2D eigenvalue weighted by Gasteiger charge is -2.12. The zero-order chi connectivity index (χ0) is 17.6. The molecule has 1 unspecified atom stereocenters. The van der Waals surface area contributed by atoms with E-state index in [4.69, 9.17) is 4.74 Å². The minimum Gasteiger partial charge on any atom is -0.497 e. The maximum atomic E-state index is 12.2. The van der Waals surface area contributed by atoms with Gasteiger partial charge in [0.25, 0.3) is 5.91 Å². The smallest absolute Gasteiger partial charge is 0.269 e. The molecule has 0 saturated carbocycles. The monoisotopic (exact) mass is 337 g/mol. The minimum atomic E-state index is -0.824. The molecule has 0 aliphatic carbocycles. The van der Waals surface area contributed by atoms with Crippen LogP contribution in [0.3, 0.4) is 0 Å². The Bertz CT molecular complexity index is 846. The fraction of sp³-hybridized carbons (Fsp3) is 0.158. The van der Waals surface area contributed by atoms with Crippen LogP contribution in [-0.2, 0) is 0 Å². The van der Waals surface area contributed by atoms with Gasteiger partial charge in [0.15, 0.2) is 0 Å². The Morgan fingerprint density at radius 3 is 2.76 bits per heavy atom. The van der Waals surface area contributed by atoms with E-state index >= 15 is 0 Å². The zero-order valence-electron chi connectivity index (χ0n) is 13.8. The summed E-state index contributed by atoms with van der Waals surface area (Å²) in [5.74, 6) is 0.334. The molecule has 3 N–H and O–H groups in total. The minimum absolute atomic E-state index is 0.0890. The Morgan fingerprint density at radius 1 is 1.20 bits per heavy atom. The third-order valence-electron chi connectivity index (χ3n) is 3.83. The van der Waals surface area contributed by atoms with Gasteiger partial charge in [-0.1, -0.05) is 42.5 Å². The topological polar surface area (TPSA) is 87.2 Å². The SMILES string of the molecule is COc1cccc(C(O)CNC(=O)c2cc(-c3ccccc3)n[nH]2)c1. The van der Waals surface area contributed by atoms with E-state index in [-0.39, 0.29) is 12.5 Å². The van der Waals surface area contributed by atoms with E-state index in [1.165, 1.54) is 0 Å². The molecule has 0 aliphatic heterocycles. The molecule has 0 fully saturated rings. The number of carbonyl (C=O) groups is 1. The summed E-state index contributed by atoms with van der Waals surface area (Å²) in [4.78, 5) is 12.2. The van der Waals surface area contributed by atoms with Gasteiger partial charge in [-0.05, 0) is 23.8 Å². The number of rotatable bonds is 6. The summed E-state index contributed by atoms with van der Waals surface area (Å²) in [7, 11) is 1.57. The number of nitrogens with zero attached hydrogens (tertiary/aromatic N) is 1. The van der Waals surface area contributed by atoms with E-state index in [9.17, 15) is 9.90 Å². The lowest BCUT2D eigenvalue weighted by Crippen LogP contribution is -2.28. The van der Waals surface area contributed by atoms with Gasteiger partial charge in [0, 0.05) is 12.1 Å². The van der Waals surface area contributed by atoms with Crippen molar-refractivity contribution < 1.29 is 14.6 Å². The maximum Gasteiger partial charge on any atom is 0.269 e. The first kappa shape index (κ1) is 16.7. The van der Waals surface area contributed by atoms with E-state index in [0.717, 1.165) is 5.56 Å². The van der Waals surface area contributed by atoms with Gasteiger partial charge < -0.3 is 15.2 Å². The van der Waals surface area contributed by atoms with Crippen molar-refractivity contribution in [3.05, 3.63) is 71.9 Å². The molecule has 0 radical (unpaired) electrons. The largest absolute Gasteiger partial charge is 0.497 e. The quantitative estimate of drug-likeness (QED) is 0.645. The number of aromatic amines is 1. The summed E-state index contributed by atoms with van der Waals surface area (Å²) in [6.07, 6.45) is -0.824. The number of H-pyrrole nitrogens is 1. The molecule has 1 aromatic heterocycles.